The second-order valence-corrected chi connectivity index (χ2v) is 5.51. The number of ketones is 1. The van der Waals surface area contributed by atoms with Crippen LogP contribution in [0.15, 0.2) is 48.5 Å². The van der Waals surface area contributed by atoms with Crippen LogP contribution in [0.5, 0.6) is 0 Å². The van der Waals surface area contributed by atoms with E-state index in [4.69, 9.17) is 0 Å². The van der Waals surface area contributed by atoms with E-state index in [0.29, 0.717) is 5.69 Å². The summed E-state index contributed by atoms with van der Waals surface area (Å²) >= 11 is 0. The fourth-order valence-corrected chi connectivity index (χ4v) is 2.07. The second kappa shape index (κ2) is 8.43. The minimum Gasteiger partial charge on any atom is -0.326 e. The Morgan fingerprint density at radius 3 is 1.81 bits per heavy atom. The maximum Gasteiger partial charge on any atom is 0.471 e. The largest absolute Gasteiger partial charge is 0.471 e. The number of carbonyl (C=O) groups is 3. The molecule has 2 aromatic carbocycles. The molecule has 0 heterocycles. The van der Waals surface area contributed by atoms with Crippen LogP contribution in [0.4, 0.5) is 28.9 Å². The number of anilines is 2. The van der Waals surface area contributed by atoms with Gasteiger partial charge in [-0.15, -0.1) is 0 Å². The minimum absolute atomic E-state index is 0.0817. The summed E-state index contributed by atoms with van der Waals surface area (Å²) in [6, 6.07) is 9.95. The molecular weight excluding hydrogens is 368 g/mol. The molecule has 0 bridgehead atoms. The highest BCUT2D eigenvalue weighted by molar-refractivity contribution is 6.00. The predicted molar refractivity (Wildman–Crippen MR) is 89.7 cm³/mol. The first-order valence-electron chi connectivity index (χ1n) is 7.72. The summed E-state index contributed by atoms with van der Waals surface area (Å²) < 4.78 is 49.3. The number of rotatable bonds is 6. The van der Waals surface area contributed by atoms with Gasteiger partial charge in [0.1, 0.15) is 5.82 Å². The molecule has 27 heavy (non-hydrogen) atoms. The number of alkyl halides is 3. The molecule has 2 aromatic rings. The minimum atomic E-state index is -5.00. The van der Waals surface area contributed by atoms with E-state index in [1.165, 1.54) is 36.4 Å². The van der Waals surface area contributed by atoms with Crippen molar-refractivity contribution in [2.24, 2.45) is 0 Å². The lowest BCUT2D eigenvalue weighted by Crippen LogP contribution is -2.29. The number of carbonyl (C=O) groups excluding carboxylic acids is 3. The topological polar surface area (TPSA) is 75.3 Å². The maximum atomic E-state index is 12.8. The Morgan fingerprint density at radius 2 is 1.30 bits per heavy atom. The molecule has 0 aliphatic rings. The van der Waals surface area contributed by atoms with Crippen LogP contribution in [0.2, 0.25) is 0 Å². The predicted octanol–water partition coefficient (Wildman–Crippen LogP) is 3.93. The Morgan fingerprint density at radius 1 is 0.778 bits per heavy atom. The van der Waals surface area contributed by atoms with Crippen molar-refractivity contribution in [1.82, 2.24) is 0 Å². The van der Waals surface area contributed by atoms with Gasteiger partial charge < -0.3 is 10.6 Å². The first kappa shape index (κ1) is 20.1. The number of benzene rings is 2. The molecule has 0 saturated heterocycles. The van der Waals surface area contributed by atoms with Crippen LogP contribution in [0, 0.1) is 5.82 Å². The molecule has 0 unspecified atom stereocenters. The third kappa shape index (κ3) is 6.21. The van der Waals surface area contributed by atoms with Gasteiger partial charge in [-0.25, -0.2) is 4.39 Å². The molecule has 0 aromatic heterocycles. The van der Waals surface area contributed by atoms with Crippen molar-refractivity contribution < 1.29 is 31.9 Å². The molecule has 2 amide bonds. The molecule has 0 aliphatic heterocycles. The van der Waals surface area contributed by atoms with Crippen LogP contribution >= 0.6 is 0 Å². The molecule has 0 atom stereocenters. The van der Waals surface area contributed by atoms with E-state index in [1.54, 1.807) is 5.32 Å². The lowest BCUT2D eigenvalue weighted by Gasteiger charge is -2.09. The van der Waals surface area contributed by atoms with Gasteiger partial charge in [0.05, 0.1) is 0 Å². The smallest absolute Gasteiger partial charge is 0.326 e. The van der Waals surface area contributed by atoms with Crippen LogP contribution in [0.1, 0.15) is 23.2 Å². The lowest BCUT2D eigenvalue weighted by molar-refractivity contribution is -0.167. The number of amides is 2. The van der Waals surface area contributed by atoms with Gasteiger partial charge in [-0.1, -0.05) is 0 Å². The van der Waals surface area contributed by atoms with E-state index in [1.807, 2.05) is 0 Å². The van der Waals surface area contributed by atoms with Crippen molar-refractivity contribution in [3.63, 3.8) is 0 Å². The molecule has 2 rings (SSSR count). The number of halogens is 4. The van der Waals surface area contributed by atoms with E-state index in [0.717, 1.165) is 12.1 Å². The van der Waals surface area contributed by atoms with Crippen LogP contribution < -0.4 is 10.6 Å². The van der Waals surface area contributed by atoms with Gasteiger partial charge in [-0.3, -0.25) is 14.4 Å². The Bertz CT molecular complexity index is 831. The first-order valence-corrected chi connectivity index (χ1v) is 7.72. The van der Waals surface area contributed by atoms with E-state index < -0.39 is 23.8 Å². The van der Waals surface area contributed by atoms with Gasteiger partial charge in [-0.2, -0.15) is 13.2 Å². The normalized spacial score (nSPS) is 11.0. The zero-order valence-corrected chi connectivity index (χ0v) is 13.8. The Hall–Kier alpha value is -3.23. The number of Topliss-reactive ketones (excluding diaryl/α,β-unsaturated/α-hetero) is 1. The van der Waals surface area contributed by atoms with Crippen LogP contribution in [-0.2, 0) is 9.59 Å². The zero-order chi connectivity index (χ0) is 20.0. The number of nitrogens with one attached hydrogen (secondary N) is 2. The molecule has 0 radical (unpaired) electrons. The quantitative estimate of drug-likeness (QED) is 0.587. The van der Waals surface area contributed by atoms with Gasteiger partial charge in [0.15, 0.2) is 5.78 Å². The van der Waals surface area contributed by atoms with E-state index in [9.17, 15) is 31.9 Å². The second-order valence-electron chi connectivity index (χ2n) is 5.51. The lowest BCUT2D eigenvalue weighted by atomic mass is 10.1. The Labute approximate surface area is 151 Å². The molecule has 0 spiro atoms. The molecule has 2 N–H and O–H groups in total. The van der Waals surface area contributed by atoms with Crippen molar-refractivity contribution in [2.75, 3.05) is 10.6 Å². The monoisotopic (exact) mass is 382 g/mol. The van der Waals surface area contributed by atoms with Crippen LogP contribution in [0.3, 0.4) is 0 Å². The van der Waals surface area contributed by atoms with Crippen molar-refractivity contribution in [3.05, 3.63) is 59.9 Å². The van der Waals surface area contributed by atoms with Gasteiger partial charge in [0.2, 0.25) is 5.91 Å². The van der Waals surface area contributed by atoms with E-state index >= 15 is 0 Å². The molecule has 9 heteroatoms. The Kier molecular flexibility index (Phi) is 6.27. The van der Waals surface area contributed by atoms with Gasteiger partial charge in [0, 0.05) is 29.8 Å². The third-order valence-electron chi connectivity index (χ3n) is 3.43. The average molecular weight is 382 g/mol. The molecule has 5 nitrogen and oxygen atoms in total. The molecular formula is C18H14F4N2O3. The van der Waals surface area contributed by atoms with Crippen LogP contribution in [-0.4, -0.2) is 23.8 Å². The van der Waals surface area contributed by atoms with E-state index in [-0.39, 0.29) is 29.9 Å². The Balaban J connectivity index is 1.84. The zero-order valence-electron chi connectivity index (χ0n) is 13.8. The van der Waals surface area contributed by atoms with Crippen molar-refractivity contribution in [2.45, 2.75) is 19.0 Å². The summed E-state index contributed by atoms with van der Waals surface area (Å²) in [5.74, 6) is -3.37. The summed E-state index contributed by atoms with van der Waals surface area (Å²) in [5.41, 5.74) is 0.495. The number of hydrogen-bond acceptors (Lipinski definition) is 3. The molecule has 0 saturated carbocycles. The fraction of sp³-hybridized carbons (Fsp3) is 0.167. The highest BCUT2D eigenvalue weighted by Crippen LogP contribution is 2.20. The number of hydrogen-bond donors (Lipinski definition) is 2. The first-order chi connectivity index (χ1) is 12.6. The maximum absolute atomic E-state index is 12.8. The molecule has 142 valence electrons. The standard InChI is InChI=1S/C18H14F4N2O3/c19-12-3-1-11(2-4-12)15(25)9-10-16(26)23-13-5-7-14(8-6-13)24-17(27)18(20,21)22/h1-8H,9-10H2,(H,23,26)(H,24,27). The van der Waals surface area contributed by atoms with Crippen molar-refractivity contribution in [1.29, 1.82) is 0 Å². The van der Waals surface area contributed by atoms with E-state index in [2.05, 4.69) is 5.32 Å². The molecule has 0 fully saturated rings. The summed E-state index contributed by atoms with van der Waals surface area (Å²) in [7, 11) is 0. The highest BCUT2D eigenvalue weighted by atomic mass is 19.4. The fourth-order valence-electron chi connectivity index (χ4n) is 2.07. The SMILES string of the molecule is O=C(CCC(=O)c1ccc(F)cc1)Nc1ccc(NC(=O)C(F)(F)F)cc1. The summed E-state index contributed by atoms with van der Waals surface area (Å²) in [6.45, 7) is 0. The summed E-state index contributed by atoms with van der Waals surface area (Å²) in [5, 5.41) is 4.16. The van der Waals surface area contributed by atoms with Gasteiger partial charge >= 0.3 is 12.1 Å². The van der Waals surface area contributed by atoms with Gasteiger partial charge in [0.25, 0.3) is 0 Å². The summed E-state index contributed by atoms with van der Waals surface area (Å²) in [4.78, 5) is 34.6. The van der Waals surface area contributed by atoms with Crippen molar-refractivity contribution in [3.8, 4) is 0 Å². The molecule has 0 aliphatic carbocycles. The van der Waals surface area contributed by atoms with Crippen LogP contribution in [0.25, 0.3) is 0 Å². The van der Waals surface area contributed by atoms with Crippen molar-refractivity contribution >= 4 is 29.0 Å². The summed E-state index contributed by atoms with van der Waals surface area (Å²) in [6.07, 6.45) is -5.20. The van der Waals surface area contributed by atoms with Gasteiger partial charge in [-0.05, 0) is 48.5 Å². The average Bonchev–Trinajstić information content (AvgIpc) is 2.61. The highest BCUT2D eigenvalue weighted by Gasteiger charge is 2.38. The third-order valence-corrected chi connectivity index (χ3v) is 3.43.